The van der Waals surface area contributed by atoms with Crippen LogP contribution in [-0.4, -0.2) is 7.11 Å². The molecule has 78 valence electrons. The third kappa shape index (κ3) is 2.74. The van der Waals surface area contributed by atoms with E-state index < -0.39 is 0 Å². The summed E-state index contributed by atoms with van der Waals surface area (Å²) in [5.74, 6) is 0.968. The molecule has 14 heavy (non-hydrogen) atoms. The molecule has 0 aliphatic heterocycles. The van der Waals surface area contributed by atoms with Crippen molar-refractivity contribution in [3.8, 4) is 5.75 Å². The summed E-state index contributed by atoms with van der Waals surface area (Å²) < 4.78 is 7.80. The number of ether oxygens (including phenoxy) is 1. The summed E-state index contributed by atoms with van der Waals surface area (Å²) in [6, 6.07) is 4.31. The average molecular weight is 416 g/mol. The molecule has 0 spiro atoms. The first-order valence-corrected chi connectivity index (χ1v) is 6.55. The van der Waals surface area contributed by atoms with Gasteiger partial charge in [0.25, 0.3) is 0 Å². The summed E-state index contributed by atoms with van der Waals surface area (Å²) >= 11 is 4.68. The lowest BCUT2D eigenvalue weighted by Gasteiger charge is -2.22. The van der Waals surface area contributed by atoms with Crippen LogP contribution in [0.2, 0.25) is 0 Å². The monoisotopic (exact) mass is 416 g/mol. The molecular weight excluding hydrogens is 402 g/mol. The minimum absolute atomic E-state index is 0.175. The average Bonchev–Trinajstić information content (AvgIpc) is 2.02. The zero-order chi connectivity index (χ0) is 10.9. The molecule has 0 aliphatic carbocycles. The molecule has 0 fully saturated rings. The normalized spacial score (nSPS) is 11.6. The second-order valence-corrected chi connectivity index (χ2v) is 6.54. The Morgan fingerprint density at radius 3 is 2.07 bits per heavy atom. The van der Waals surface area contributed by atoms with Crippen LogP contribution in [0.1, 0.15) is 26.3 Å². The maximum Gasteiger partial charge on any atom is 0.132 e. The van der Waals surface area contributed by atoms with Gasteiger partial charge < -0.3 is 4.74 Å². The zero-order valence-corrected chi connectivity index (χ0v) is 13.1. The van der Waals surface area contributed by atoms with E-state index in [2.05, 4.69) is 78.1 Å². The van der Waals surface area contributed by atoms with Crippen molar-refractivity contribution in [2.24, 2.45) is 0 Å². The first-order valence-electron chi connectivity index (χ1n) is 4.40. The molecule has 1 aromatic carbocycles. The Morgan fingerprint density at radius 1 is 1.07 bits per heavy atom. The van der Waals surface area contributed by atoms with E-state index in [4.69, 9.17) is 4.74 Å². The van der Waals surface area contributed by atoms with Crippen molar-refractivity contribution in [2.75, 3.05) is 7.11 Å². The van der Waals surface area contributed by atoms with Gasteiger partial charge in [-0.3, -0.25) is 0 Å². The first-order chi connectivity index (χ1) is 6.36. The summed E-state index contributed by atoms with van der Waals surface area (Å²) in [5.41, 5.74) is 1.52. The minimum Gasteiger partial charge on any atom is -0.496 e. The lowest BCUT2D eigenvalue weighted by Crippen LogP contribution is -2.13. The maximum atomic E-state index is 5.32. The molecule has 0 unspecified atom stereocenters. The third-order valence-electron chi connectivity index (χ3n) is 2.05. The summed E-state index contributed by atoms with van der Waals surface area (Å²) in [4.78, 5) is 0. The van der Waals surface area contributed by atoms with Gasteiger partial charge in [0.2, 0.25) is 0 Å². The lowest BCUT2D eigenvalue weighted by molar-refractivity contribution is 0.409. The van der Waals surface area contributed by atoms with E-state index in [0.29, 0.717) is 0 Å². The molecule has 3 heteroatoms. The van der Waals surface area contributed by atoms with E-state index >= 15 is 0 Å². The van der Waals surface area contributed by atoms with Crippen molar-refractivity contribution in [3.05, 3.63) is 24.8 Å². The van der Waals surface area contributed by atoms with E-state index in [-0.39, 0.29) is 5.41 Å². The molecule has 0 radical (unpaired) electrons. The fourth-order valence-electron chi connectivity index (χ4n) is 1.26. The highest BCUT2D eigenvalue weighted by atomic mass is 127. The predicted molar refractivity (Wildman–Crippen MR) is 77.1 cm³/mol. The Hall–Kier alpha value is 0.480. The van der Waals surface area contributed by atoms with Crippen LogP contribution in [0.3, 0.4) is 0 Å². The van der Waals surface area contributed by atoms with Crippen LogP contribution in [0.15, 0.2) is 12.1 Å². The summed E-state index contributed by atoms with van der Waals surface area (Å²) in [7, 11) is 1.72. The Balaban J connectivity index is 3.32. The highest BCUT2D eigenvalue weighted by Crippen LogP contribution is 2.33. The maximum absolute atomic E-state index is 5.32. The van der Waals surface area contributed by atoms with Crippen molar-refractivity contribution in [1.82, 2.24) is 0 Å². The van der Waals surface area contributed by atoms with Crippen molar-refractivity contribution in [1.29, 1.82) is 0 Å². The Morgan fingerprint density at radius 2 is 1.64 bits per heavy atom. The number of halogens is 2. The fraction of sp³-hybridized carbons (Fsp3) is 0.455. The zero-order valence-electron chi connectivity index (χ0n) is 8.82. The van der Waals surface area contributed by atoms with Crippen LogP contribution in [-0.2, 0) is 5.41 Å². The number of hydrogen-bond acceptors (Lipinski definition) is 1. The standard InChI is InChI=1S/C11H14I2O/c1-11(2,3)7-5-10(14-4)9(13)6-8(7)12/h5-6H,1-4H3. The molecule has 0 saturated carbocycles. The first kappa shape index (κ1) is 12.5. The molecule has 0 heterocycles. The molecule has 0 N–H and O–H groups in total. The van der Waals surface area contributed by atoms with Gasteiger partial charge in [0, 0.05) is 3.57 Å². The highest BCUT2D eigenvalue weighted by Gasteiger charge is 2.19. The van der Waals surface area contributed by atoms with E-state index in [1.165, 1.54) is 12.7 Å². The van der Waals surface area contributed by atoms with Crippen LogP contribution in [0.25, 0.3) is 0 Å². The summed E-state index contributed by atoms with van der Waals surface area (Å²) in [6.45, 7) is 6.66. The van der Waals surface area contributed by atoms with Crippen LogP contribution in [0.5, 0.6) is 5.75 Å². The summed E-state index contributed by atoms with van der Waals surface area (Å²) in [5, 5.41) is 0. The van der Waals surface area contributed by atoms with Crippen molar-refractivity contribution in [3.63, 3.8) is 0 Å². The topological polar surface area (TPSA) is 9.23 Å². The molecule has 0 aliphatic rings. The smallest absolute Gasteiger partial charge is 0.132 e. The van der Waals surface area contributed by atoms with Crippen molar-refractivity contribution < 1.29 is 4.74 Å². The molecule has 1 rings (SSSR count). The van der Waals surface area contributed by atoms with E-state index in [1.54, 1.807) is 7.11 Å². The minimum atomic E-state index is 0.175. The predicted octanol–water partition coefficient (Wildman–Crippen LogP) is 4.20. The van der Waals surface area contributed by atoms with Gasteiger partial charge in [-0.15, -0.1) is 0 Å². The van der Waals surface area contributed by atoms with E-state index in [9.17, 15) is 0 Å². The molecule has 0 aromatic heterocycles. The third-order valence-corrected chi connectivity index (χ3v) is 3.79. The van der Waals surface area contributed by atoms with Crippen LogP contribution in [0, 0.1) is 7.14 Å². The number of rotatable bonds is 1. The van der Waals surface area contributed by atoms with E-state index in [1.807, 2.05) is 0 Å². The van der Waals surface area contributed by atoms with Crippen LogP contribution >= 0.6 is 45.2 Å². The molecular formula is C11H14I2O. The fourth-order valence-corrected chi connectivity index (χ4v) is 3.82. The van der Waals surface area contributed by atoms with Gasteiger partial charge in [0.05, 0.1) is 10.7 Å². The Kier molecular flexibility index (Phi) is 4.08. The second-order valence-electron chi connectivity index (χ2n) is 4.22. The van der Waals surface area contributed by atoms with Crippen molar-refractivity contribution in [2.45, 2.75) is 26.2 Å². The molecule has 1 nitrogen and oxygen atoms in total. The van der Waals surface area contributed by atoms with Gasteiger partial charge in [-0.1, -0.05) is 20.8 Å². The Labute approximate surface area is 113 Å². The SMILES string of the molecule is COc1cc(C(C)(C)C)c(I)cc1I. The van der Waals surface area contributed by atoms with Crippen LogP contribution in [0.4, 0.5) is 0 Å². The van der Waals surface area contributed by atoms with E-state index in [0.717, 1.165) is 5.75 Å². The van der Waals surface area contributed by atoms with Crippen LogP contribution < -0.4 is 4.74 Å². The van der Waals surface area contributed by atoms with Gasteiger partial charge in [-0.05, 0) is 68.3 Å². The van der Waals surface area contributed by atoms with Gasteiger partial charge in [0.15, 0.2) is 0 Å². The van der Waals surface area contributed by atoms with Gasteiger partial charge in [0.1, 0.15) is 5.75 Å². The molecule has 0 bridgehead atoms. The quantitative estimate of drug-likeness (QED) is 0.624. The Bertz CT molecular complexity index is 340. The highest BCUT2D eigenvalue weighted by molar-refractivity contribution is 14.1. The number of methoxy groups -OCH3 is 1. The van der Waals surface area contributed by atoms with Gasteiger partial charge in [-0.25, -0.2) is 0 Å². The number of hydrogen-bond donors (Lipinski definition) is 0. The number of benzene rings is 1. The summed E-state index contributed by atoms with van der Waals surface area (Å²) in [6.07, 6.45) is 0. The lowest BCUT2D eigenvalue weighted by atomic mass is 9.87. The van der Waals surface area contributed by atoms with Crippen molar-refractivity contribution >= 4 is 45.2 Å². The molecule has 0 amide bonds. The largest absolute Gasteiger partial charge is 0.496 e. The molecule has 0 saturated heterocycles. The van der Waals surface area contributed by atoms with Gasteiger partial charge >= 0.3 is 0 Å². The van der Waals surface area contributed by atoms with Gasteiger partial charge in [-0.2, -0.15) is 0 Å². The molecule has 1 aromatic rings. The second kappa shape index (κ2) is 4.55. The molecule has 0 atom stereocenters.